The topological polar surface area (TPSA) is 651 Å². The molecule has 0 spiro atoms. The smallest absolute Gasteiger partial charge is 0.333 e. The van der Waals surface area contributed by atoms with Crippen LogP contribution in [0.4, 0.5) is 0 Å². The van der Waals surface area contributed by atoms with E-state index in [1.807, 2.05) is 0 Å². The van der Waals surface area contributed by atoms with Gasteiger partial charge in [0, 0.05) is 19.4 Å². The first-order valence-corrected chi connectivity index (χ1v) is 44.9. The van der Waals surface area contributed by atoms with Crippen molar-refractivity contribution >= 4 is 23.8 Å². The molecule has 742 valence electrons. The van der Waals surface area contributed by atoms with Crippen molar-refractivity contribution in [1.29, 1.82) is 0 Å². The first-order valence-electron chi connectivity index (χ1n) is 44.9. The van der Waals surface area contributed by atoms with E-state index >= 15 is 4.79 Å². The van der Waals surface area contributed by atoms with E-state index in [1.165, 1.54) is 32.9 Å². The van der Waals surface area contributed by atoms with Crippen LogP contribution < -0.4 is 5.32 Å². The zero-order chi connectivity index (χ0) is 95.1. The number of aliphatic hydroxyl groups is 20. The molecule has 12 fully saturated rings. The van der Waals surface area contributed by atoms with Gasteiger partial charge in [-0.3, -0.25) is 14.4 Å². The molecule has 0 aromatic rings. The molecule has 8 aliphatic heterocycles. The van der Waals surface area contributed by atoms with Crippen molar-refractivity contribution in [2.24, 2.45) is 50.2 Å². The minimum Gasteiger partial charge on any atom is -0.463 e. The van der Waals surface area contributed by atoms with Crippen LogP contribution in [0.3, 0.4) is 0 Å². The molecule has 21 N–H and O–H groups in total. The molecule has 0 aromatic carbocycles. The average Bonchev–Trinajstić information content (AvgIpc) is 0.799. The Kier molecular flexibility index (Phi) is 31.9. The normalized spacial score (nSPS) is 48.9. The van der Waals surface area contributed by atoms with Crippen molar-refractivity contribution in [1.82, 2.24) is 5.32 Å². The largest absolute Gasteiger partial charge is 0.463 e. The summed E-state index contributed by atoms with van der Waals surface area (Å²) in [5.41, 5.74) is -7.64. The summed E-state index contributed by atoms with van der Waals surface area (Å²) in [5.74, 6) is -4.58. The van der Waals surface area contributed by atoms with Gasteiger partial charge in [0.1, 0.15) is 158 Å². The van der Waals surface area contributed by atoms with Crippen LogP contribution in [0, 0.1) is 50.2 Å². The number of hydrogen-bond donors (Lipinski definition) is 21. The summed E-state index contributed by atoms with van der Waals surface area (Å²) >= 11 is 0. The van der Waals surface area contributed by atoms with Gasteiger partial charge in [0.15, 0.2) is 56.2 Å². The van der Waals surface area contributed by atoms with Gasteiger partial charge in [0.2, 0.25) is 12.2 Å². The van der Waals surface area contributed by atoms with E-state index in [1.54, 1.807) is 0 Å². The Bertz CT molecular complexity index is 3950. The molecule has 13 rings (SSSR count). The van der Waals surface area contributed by atoms with Gasteiger partial charge in [-0.05, 0) is 129 Å². The van der Waals surface area contributed by atoms with Gasteiger partial charge in [-0.25, -0.2) is 4.79 Å². The number of nitrogens with one attached hydrogen (secondary N) is 1. The van der Waals surface area contributed by atoms with Crippen LogP contribution in [0.2, 0.25) is 0 Å². The Morgan fingerprint density at radius 2 is 1.10 bits per heavy atom. The summed E-state index contributed by atoms with van der Waals surface area (Å²) in [7, 11) is 0. The molecule has 8 heterocycles. The summed E-state index contributed by atoms with van der Waals surface area (Å²) in [6.07, 6.45) is -51.8. The van der Waals surface area contributed by atoms with Gasteiger partial charge in [-0.2, -0.15) is 0 Å². The molecule has 130 heavy (non-hydrogen) atoms. The first kappa shape index (κ1) is 103. The number of allylic oxidation sites excluding steroid dienone is 3. The second kappa shape index (κ2) is 40.3. The number of ether oxygens (including phenoxy) is 18. The van der Waals surface area contributed by atoms with Crippen LogP contribution in [0.15, 0.2) is 36.0 Å². The lowest BCUT2D eigenvalue weighted by molar-refractivity contribution is -0.377. The number of rotatable bonds is 28. The molecule has 5 aliphatic carbocycles. The summed E-state index contributed by atoms with van der Waals surface area (Å²) in [6.45, 7) is 17.3. The molecular formula is C87H137NO42. The van der Waals surface area contributed by atoms with Crippen molar-refractivity contribution in [3.05, 3.63) is 36.0 Å². The van der Waals surface area contributed by atoms with Crippen molar-refractivity contribution in [3.63, 3.8) is 0 Å². The van der Waals surface area contributed by atoms with E-state index in [4.69, 9.17) is 85.3 Å². The number of amides is 1. The molecule has 13 aliphatic rings. The molecule has 43 heteroatoms. The number of aliphatic hydroxyl groups excluding tert-OH is 18. The molecule has 8 saturated heterocycles. The highest BCUT2D eigenvalue weighted by atomic mass is 16.8. The SMILES string of the molecule is C=C[C@@](C)(O)CC/C=C(\C)C(=O)O[C@@H]1[C@@H](O)[C@H](O[C@H]2[C@H](O)[C@@H](O[C@@H]3OC[C@@H](O)[C@H](O[C@@H]4OC[C@](O)(CO)[C@H]4O)[C@H]3O)[C@H](OC(=O)[C@]34CCC(C)(C)C[C@H]3C3=CC[C@@H]5[C@@]6(C)CC[C@H](O[C@@H]7O[C@H](CO[C@@H]8OC[C@H](O)[C@H](O[C@@H]9OC[C@@H](O)[C@H](O)[C@H]9O)[C@H]8O)[C@@H](O[C@@H]8O[C@H](CO)[C@@H](O)[C@H](O)[C@H]8O)[C@H](O)[C@H]7NC(C)=O)C(C)(C)[C@@H]6CC[C@@]5(C)[C@]3(C)C[C@H]4O)O[C@@H]2COC(C)=O)OC[C@H]1O. The van der Waals surface area contributed by atoms with E-state index < -0.39 is 348 Å². The van der Waals surface area contributed by atoms with Crippen molar-refractivity contribution in [2.75, 3.05) is 59.5 Å². The van der Waals surface area contributed by atoms with Gasteiger partial charge >= 0.3 is 17.9 Å². The van der Waals surface area contributed by atoms with Crippen molar-refractivity contribution in [3.8, 4) is 0 Å². The second-order valence-electron chi connectivity index (χ2n) is 40.3. The number of hydrogen-bond acceptors (Lipinski definition) is 42. The lowest BCUT2D eigenvalue weighted by atomic mass is 9.33. The minimum atomic E-state index is -2.22. The van der Waals surface area contributed by atoms with Gasteiger partial charge in [-0.15, -0.1) is 6.58 Å². The highest BCUT2D eigenvalue weighted by Crippen LogP contribution is 2.76. The standard InChI is InChI=1S/C87H137NO42/c1-13-82(9,111)20-14-15-36(2)70(109)124-63-42(94)30-116-74(61(63)106)127-67-46(32-113-38(4)92)122-77(68(59(67)104)129-75-62(107)65(44(96)31-117-75)126-78-69(108)86(112,34-90)35-119-78)130-79(110)87-24-23-80(5,6)25-40(87)39-16-17-49-83(10)21-19-51(81(7,8)48(83)18-22-84(49,11)85(39,12)26-50(87)97)123-71-52(88-37(3)91)55(100)66(128-76-58(103)56(101)54(99)45(27-89)120-76)47(121-71)33-118-72-60(105)64(43(95)29-114-72)125-73-57(102)53(98)41(93)28-115-73/h13,15-16,40-69,71-78,89-90,93-108,111-112H,1,14,17-35H2,2-12H3,(H,88,91)/b36-15+/t40-,41+,42+,43-,44+,45+,46+,47+,48-,49+,50+,51-,52+,53-,54+,55+,56-,57+,58+,59-,60+,61+,62+,63-,64-,65-,66+,67+,68+,69-,71-,72-,73-,74-,75-,76-,77-,78-,82+,83-,84+,85+,86+,87+/m0/s1. The monoisotopic (exact) mass is 1870 g/mol. The highest BCUT2D eigenvalue weighted by molar-refractivity contribution is 5.88. The van der Waals surface area contributed by atoms with E-state index in [0.29, 0.717) is 44.9 Å². The lowest BCUT2D eigenvalue weighted by Gasteiger charge is -2.72. The van der Waals surface area contributed by atoms with E-state index in [-0.39, 0.29) is 43.1 Å². The minimum absolute atomic E-state index is 0.00753. The fraction of sp³-hybridized carbons (Fsp3) is 0.885. The maximum Gasteiger partial charge on any atom is 0.333 e. The van der Waals surface area contributed by atoms with Gasteiger partial charge in [-0.1, -0.05) is 72.3 Å². The maximum atomic E-state index is 16.4. The fourth-order valence-electron chi connectivity index (χ4n) is 22.8. The average molecular weight is 1870 g/mol. The summed E-state index contributed by atoms with van der Waals surface area (Å²) < 4.78 is 109. The number of esters is 3. The lowest BCUT2D eigenvalue weighted by Crippen LogP contribution is -2.69. The summed E-state index contributed by atoms with van der Waals surface area (Å²) in [4.78, 5) is 56.2. The zero-order valence-corrected chi connectivity index (χ0v) is 74.9. The Morgan fingerprint density at radius 1 is 0.546 bits per heavy atom. The van der Waals surface area contributed by atoms with Crippen LogP contribution >= 0.6 is 0 Å². The molecule has 43 nitrogen and oxygen atoms in total. The molecule has 1 amide bonds. The first-order chi connectivity index (χ1) is 60.9. The Hall–Kier alpha value is -4.30. The molecule has 0 unspecified atom stereocenters. The van der Waals surface area contributed by atoms with Crippen LogP contribution in [0.5, 0.6) is 0 Å². The molecular weight excluding hydrogens is 1730 g/mol. The highest BCUT2D eigenvalue weighted by Gasteiger charge is 2.73. The summed E-state index contributed by atoms with van der Waals surface area (Å²) in [6, 6.07) is -1.49. The quantitative estimate of drug-likeness (QED) is 0.0114. The van der Waals surface area contributed by atoms with Gasteiger partial charge in [0.25, 0.3) is 0 Å². The van der Waals surface area contributed by atoms with E-state index in [2.05, 4.69) is 66.4 Å². The third-order valence-corrected chi connectivity index (χ3v) is 30.8. The number of fused-ring (bicyclic) bond motifs is 7. The maximum absolute atomic E-state index is 16.4. The van der Waals surface area contributed by atoms with Crippen LogP contribution in [0.25, 0.3) is 0 Å². The van der Waals surface area contributed by atoms with Crippen LogP contribution in [0.1, 0.15) is 147 Å². The van der Waals surface area contributed by atoms with Crippen molar-refractivity contribution < 1.29 is 207 Å². The third-order valence-electron chi connectivity index (χ3n) is 30.8. The summed E-state index contributed by atoms with van der Waals surface area (Å²) in [5, 5.41) is 228. The predicted molar refractivity (Wildman–Crippen MR) is 434 cm³/mol. The Morgan fingerprint density at radius 3 is 1.72 bits per heavy atom. The predicted octanol–water partition coefficient (Wildman–Crippen LogP) is -5.64. The molecule has 0 bridgehead atoms. The molecule has 4 saturated carbocycles. The second-order valence-corrected chi connectivity index (χ2v) is 40.3. The van der Waals surface area contributed by atoms with Gasteiger partial charge < -0.3 is 193 Å². The van der Waals surface area contributed by atoms with E-state index in [0.717, 1.165) is 12.5 Å². The van der Waals surface area contributed by atoms with Gasteiger partial charge in [0.05, 0.1) is 70.7 Å². The molecule has 44 atom stereocenters. The zero-order valence-electron chi connectivity index (χ0n) is 74.9. The number of carbonyl (C=O) groups excluding carboxylic acids is 4. The van der Waals surface area contributed by atoms with Crippen LogP contribution in [-0.2, 0) is 104 Å². The number of carbonyl (C=O) groups is 4. The molecule has 0 radical (unpaired) electrons. The van der Waals surface area contributed by atoms with Crippen molar-refractivity contribution in [2.45, 2.75) is 373 Å². The Labute approximate surface area is 751 Å². The third kappa shape index (κ3) is 19.9. The van der Waals surface area contributed by atoms with Crippen LogP contribution in [-0.4, -0.2) is 412 Å². The Balaban J connectivity index is 0.772. The van der Waals surface area contributed by atoms with E-state index in [9.17, 15) is 117 Å². The molecule has 0 aromatic heterocycles. The fourth-order valence-corrected chi connectivity index (χ4v) is 22.8.